The van der Waals surface area contributed by atoms with Crippen LogP contribution >= 0.6 is 0 Å². The first kappa shape index (κ1) is 9.28. The van der Waals surface area contributed by atoms with Crippen molar-refractivity contribution in [2.45, 2.75) is 25.1 Å². The first-order valence-electron chi connectivity index (χ1n) is 4.39. The Morgan fingerprint density at radius 1 is 1.08 bits per heavy atom. The molecule has 2 unspecified atom stereocenters. The summed E-state index contributed by atoms with van der Waals surface area (Å²) in [5, 5.41) is 0. The first-order chi connectivity index (χ1) is 5.81. The molecule has 0 aromatic rings. The lowest BCUT2D eigenvalue weighted by Crippen LogP contribution is -2.20. The van der Waals surface area contributed by atoms with Crippen molar-refractivity contribution in [3.63, 3.8) is 0 Å². The Balaban J connectivity index is 1.85. The van der Waals surface area contributed by atoms with Gasteiger partial charge >= 0.3 is 6.98 Å². The zero-order chi connectivity index (χ0) is 9.85. The molecule has 6 heteroatoms. The van der Waals surface area contributed by atoms with Gasteiger partial charge in [0.25, 0.3) is 5.92 Å². The van der Waals surface area contributed by atoms with Crippen molar-refractivity contribution in [2.24, 2.45) is 17.8 Å². The van der Waals surface area contributed by atoms with Crippen molar-refractivity contribution in [3.05, 3.63) is 0 Å². The van der Waals surface area contributed by atoms with Crippen molar-refractivity contribution in [2.75, 3.05) is 0 Å². The molecular formula is C7H9BF5-. The van der Waals surface area contributed by atoms with Crippen molar-refractivity contribution in [1.29, 1.82) is 0 Å². The van der Waals surface area contributed by atoms with Gasteiger partial charge in [-0.15, -0.1) is 0 Å². The molecule has 0 aromatic carbocycles. The average Bonchev–Trinajstić information content (AvgIpc) is 2.38. The van der Waals surface area contributed by atoms with Crippen molar-refractivity contribution in [3.8, 4) is 0 Å². The third kappa shape index (κ3) is 1.55. The summed E-state index contributed by atoms with van der Waals surface area (Å²) in [5.41, 5.74) is 0. The normalized spacial score (nSPS) is 41.8. The summed E-state index contributed by atoms with van der Waals surface area (Å²) >= 11 is 0. The van der Waals surface area contributed by atoms with E-state index in [0.29, 0.717) is 0 Å². The van der Waals surface area contributed by atoms with Gasteiger partial charge in [0.1, 0.15) is 0 Å². The van der Waals surface area contributed by atoms with Crippen molar-refractivity contribution in [1.82, 2.24) is 0 Å². The highest BCUT2D eigenvalue weighted by atomic mass is 19.4. The van der Waals surface area contributed by atoms with Gasteiger partial charge in [-0.3, -0.25) is 0 Å². The van der Waals surface area contributed by atoms with Crippen LogP contribution in [0.25, 0.3) is 0 Å². The summed E-state index contributed by atoms with van der Waals surface area (Å²) in [7, 11) is 0. The summed E-state index contributed by atoms with van der Waals surface area (Å²) < 4.78 is 60.9. The molecule has 76 valence electrons. The molecule has 0 saturated heterocycles. The summed E-state index contributed by atoms with van der Waals surface area (Å²) in [5.74, 6) is -4.66. The summed E-state index contributed by atoms with van der Waals surface area (Å²) in [6, 6.07) is 0. The number of halogens is 5. The third-order valence-corrected chi connectivity index (χ3v) is 3.14. The number of rotatable bonds is 2. The zero-order valence-electron chi connectivity index (χ0n) is 6.82. The van der Waals surface area contributed by atoms with Gasteiger partial charge in [-0.05, 0) is 12.8 Å². The van der Waals surface area contributed by atoms with Gasteiger partial charge in [-0.1, -0.05) is 12.2 Å². The average molecular weight is 199 g/mol. The maximum Gasteiger partial charge on any atom is 0.478 e. The lowest BCUT2D eigenvalue weighted by molar-refractivity contribution is 0.0646. The summed E-state index contributed by atoms with van der Waals surface area (Å²) in [4.78, 5) is 0. The molecule has 2 atom stereocenters. The minimum Gasteiger partial charge on any atom is -0.449 e. The lowest BCUT2D eigenvalue weighted by atomic mass is 9.76. The molecule has 0 heterocycles. The van der Waals surface area contributed by atoms with Crippen molar-refractivity contribution < 1.29 is 21.7 Å². The molecule has 0 aliphatic heterocycles. The molecular weight excluding hydrogens is 190 g/mol. The smallest absolute Gasteiger partial charge is 0.449 e. The number of fused-ring (bicyclic) bond motifs is 1. The Bertz CT molecular complexity index is 209. The molecule has 2 rings (SSSR count). The van der Waals surface area contributed by atoms with Gasteiger partial charge in [-0.2, -0.15) is 0 Å². The standard InChI is InChI=1S/C7H9BF5/c9-7(10)5-1-4(2-6(5)7)3-8(11,12)13/h4-6H,1-3H2/q-1. The van der Waals surface area contributed by atoms with E-state index < -0.39 is 37.0 Å². The predicted molar refractivity (Wildman–Crippen MR) is 38.5 cm³/mol. The third-order valence-electron chi connectivity index (χ3n) is 3.14. The maximum atomic E-state index is 12.6. The Kier molecular flexibility index (Phi) is 1.71. The minimum atomic E-state index is -4.79. The molecule has 2 aliphatic carbocycles. The van der Waals surface area contributed by atoms with Crippen LogP contribution in [-0.4, -0.2) is 12.9 Å². The summed E-state index contributed by atoms with van der Waals surface area (Å²) in [6.07, 6.45) is -0.694. The fourth-order valence-corrected chi connectivity index (χ4v) is 2.49. The predicted octanol–water partition coefficient (Wildman–Crippen LogP) is 3.13. The van der Waals surface area contributed by atoms with Crippen LogP contribution in [0.1, 0.15) is 12.8 Å². The van der Waals surface area contributed by atoms with Crippen LogP contribution in [0.5, 0.6) is 0 Å². The zero-order valence-corrected chi connectivity index (χ0v) is 6.82. The lowest BCUT2D eigenvalue weighted by Gasteiger charge is -2.20. The Labute approximate surface area is 72.6 Å². The fraction of sp³-hybridized carbons (Fsp3) is 1.00. The van der Waals surface area contributed by atoms with Gasteiger partial charge in [0, 0.05) is 11.8 Å². The highest BCUT2D eigenvalue weighted by Gasteiger charge is 2.71. The highest BCUT2D eigenvalue weighted by molar-refractivity contribution is 6.58. The molecule has 2 saturated carbocycles. The Morgan fingerprint density at radius 2 is 1.54 bits per heavy atom. The molecule has 0 spiro atoms. The fourth-order valence-electron chi connectivity index (χ4n) is 2.49. The Morgan fingerprint density at radius 3 is 1.92 bits per heavy atom. The Hall–Kier alpha value is -0.285. The van der Waals surface area contributed by atoms with E-state index in [1.54, 1.807) is 0 Å². The van der Waals surface area contributed by atoms with Gasteiger partial charge in [0.15, 0.2) is 0 Å². The minimum absolute atomic E-state index is 0.0684. The monoisotopic (exact) mass is 199 g/mol. The number of alkyl halides is 2. The van der Waals surface area contributed by atoms with E-state index in [9.17, 15) is 21.7 Å². The van der Waals surface area contributed by atoms with E-state index in [4.69, 9.17) is 0 Å². The second kappa shape index (κ2) is 2.39. The molecule has 2 fully saturated rings. The molecule has 0 nitrogen and oxygen atoms in total. The van der Waals surface area contributed by atoms with Gasteiger partial charge in [0.05, 0.1) is 0 Å². The van der Waals surface area contributed by atoms with Crippen LogP contribution < -0.4 is 0 Å². The number of hydrogen-bond acceptors (Lipinski definition) is 0. The molecule has 0 aromatic heterocycles. The van der Waals surface area contributed by atoms with Gasteiger partial charge in [0.2, 0.25) is 0 Å². The second-order valence-corrected chi connectivity index (χ2v) is 4.17. The van der Waals surface area contributed by atoms with Crippen LogP contribution in [0.4, 0.5) is 21.7 Å². The van der Waals surface area contributed by atoms with E-state index in [-0.39, 0.29) is 12.8 Å². The topological polar surface area (TPSA) is 0 Å². The van der Waals surface area contributed by atoms with E-state index in [1.165, 1.54) is 0 Å². The highest BCUT2D eigenvalue weighted by Crippen LogP contribution is 2.66. The molecule has 13 heavy (non-hydrogen) atoms. The number of hydrogen-bond donors (Lipinski definition) is 0. The van der Waals surface area contributed by atoms with E-state index >= 15 is 0 Å². The van der Waals surface area contributed by atoms with Crippen LogP contribution in [0, 0.1) is 17.8 Å². The largest absolute Gasteiger partial charge is 0.478 e. The van der Waals surface area contributed by atoms with Gasteiger partial charge < -0.3 is 12.9 Å². The van der Waals surface area contributed by atoms with E-state index in [1.807, 2.05) is 0 Å². The van der Waals surface area contributed by atoms with Crippen LogP contribution in [0.3, 0.4) is 0 Å². The SMILES string of the molecule is F[B-](F)(F)CC1CC2C(C1)C2(F)F. The molecule has 0 amide bonds. The van der Waals surface area contributed by atoms with Gasteiger partial charge in [-0.25, -0.2) is 8.78 Å². The first-order valence-corrected chi connectivity index (χ1v) is 4.39. The molecule has 0 N–H and O–H groups in total. The molecule has 0 bridgehead atoms. The molecule has 2 aliphatic rings. The van der Waals surface area contributed by atoms with Crippen LogP contribution in [0.15, 0.2) is 0 Å². The maximum absolute atomic E-state index is 12.6. The van der Waals surface area contributed by atoms with Crippen LogP contribution in [0.2, 0.25) is 6.32 Å². The summed E-state index contributed by atoms with van der Waals surface area (Å²) in [6.45, 7) is -4.79. The second-order valence-electron chi connectivity index (χ2n) is 4.17. The van der Waals surface area contributed by atoms with Crippen molar-refractivity contribution >= 4 is 6.98 Å². The van der Waals surface area contributed by atoms with E-state index in [2.05, 4.69) is 0 Å². The van der Waals surface area contributed by atoms with Crippen LogP contribution in [-0.2, 0) is 0 Å². The quantitative estimate of drug-likeness (QED) is 0.473. The van der Waals surface area contributed by atoms with E-state index in [0.717, 1.165) is 0 Å². The molecule has 0 radical (unpaired) electrons.